The summed E-state index contributed by atoms with van der Waals surface area (Å²) < 4.78 is 26.3. The molecule has 1 fully saturated rings. The van der Waals surface area contributed by atoms with Gasteiger partial charge in [-0.05, 0) is 25.8 Å². The first kappa shape index (κ1) is 20.3. The van der Waals surface area contributed by atoms with Gasteiger partial charge in [0.15, 0.2) is 0 Å². The molecule has 0 bridgehead atoms. The highest BCUT2D eigenvalue weighted by molar-refractivity contribution is 7.89. The lowest BCUT2D eigenvalue weighted by molar-refractivity contribution is -0.385. The fourth-order valence-electron chi connectivity index (χ4n) is 3.33. The Bertz CT molecular complexity index is 759. The van der Waals surface area contributed by atoms with Crippen molar-refractivity contribution in [1.29, 1.82) is 0 Å². The molecular formula is C17H25N3O5S. The van der Waals surface area contributed by atoms with Crippen molar-refractivity contribution in [2.45, 2.75) is 50.0 Å². The summed E-state index contributed by atoms with van der Waals surface area (Å²) in [5, 5.41) is 10.9. The SMILES string of the molecule is CCN(C(=O)CN(C)S(=O)(=O)c1cccc([N+](=O)[O-])c1)C1CCCCC1. The van der Waals surface area contributed by atoms with Gasteiger partial charge in [-0.2, -0.15) is 4.31 Å². The summed E-state index contributed by atoms with van der Waals surface area (Å²) in [6.45, 7) is 2.14. The van der Waals surface area contributed by atoms with Crippen LogP contribution in [0.2, 0.25) is 0 Å². The quantitative estimate of drug-likeness (QED) is 0.531. The van der Waals surface area contributed by atoms with Gasteiger partial charge < -0.3 is 4.90 Å². The number of rotatable bonds is 7. The molecule has 26 heavy (non-hydrogen) atoms. The van der Waals surface area contributed by atoms with Crippen LogP contribution >= 0.6 is 0 Å². The minimum atomic E-state index is -3.98. The smallest absolute Gasteiger partial charge is 0.270 e. The summed E-state index contributed by atoms with van der Waals surface area (Å²) in [5.74, 6) is -0.240. The molecule has 2 rings (SSSR count). The lowest BCUT2D eigenvalue weighted by atomic mass is 9.94. The van der Waals surface area contributed by atoms with E-state index in [1.807, 2.05) is 6.92 Å². The fourth-order valence-corrected chi connectivity index (χ4v) is 4.50. The fraction of sp³-hybridized carbons (Fsp3) is 0.588. The number of amides is 1. The van der Waals surface area contributed by atoms with Gasteiger partial charge in [-0.3, -0.25) is 14.9 Å². The molecule has 1 aliphatic carbocycles. The normalized spacial score (nSPS) is 15.8. The van der Waals surface area contributed by atoms with E-state index in [9.17, 15) is 23.3 Å². The number of carbonyl (C=O) groups is 1. The third-order valence-electron chi connectivity index (χ3n) is 4.77. The van der Waals surface area contributed by atoms with Crippen LogP contribution in [0.3, 0.4) is 0 Å². The predicted octanol–water partition coefficient (Wildman–Crippen LogP) is 2.40. The number of nitro benzene ring substituents is 1. The van der Waals surface area contributed by atoms with Crippen LogP contribution in [0.1, 0.15) is 39.0 Å². The molecule has 1 aromatic carbocycles. The molecule has 0 unspecified atom stereocenters. The predicted molar refractivity (Wildman–Crippen MR) is 97.2 cm³/mol. The lowest BCUT2D eigenvalue weighted by Gasteiger charge is -2.34. The van der Waals surface area contributed by atoms with Gasteiger partial charge in [-0.25, -0.2) is 8.42 Å². The third-order valence-corrected chi connectivity index (χ3v) is 6.57. The molecule has 0 radical (unpaired) electrons. The van der Waals surface area contributed by atoms with Crippen molar-refractivity contribution in [3.05, 3.63) is 34.4 Å². The minimum absolute atomic E-state index is 0.162. The van der Waals surface area contributed by atoms with E-state index in [1.54, 1.807) is 4.90 Å². The van der Waals surface area contributed by atoms with E-state index in [0.717, 1.165) is 36.1 Å². The summed E-state index contributed by atoms with van der Waals surface area (Å²) in [7, 11) is -2.66. The number of nitrogens with zero attached hydrogens (tertiary/aromatic N) is 3. The molecule has 1 aliphatic rings. The molecule has 0 heterocycles. The average molecular weight is 383 g/mol. The van der Waals surface area contributed by atoms with Crippen molar-refractivity contribution in [2.24, 2.45) is 0 Å². The van der Waals surface area contributed by atoms with Crippen LogP contribution in [-0.4, -0.2) is 54.6 Å². The Morgan fingerprint density at radius 2 is 1.92 bits per heavy atom. The molecule has 144 valence electrons. The van der Waals surface area contributed by atoms with Crippen LogP contribution in [0.25, 0.3) is 0 Å². The monoisotopic (exact) mass is 383 g/mol. The molecule has 0 spiro atoms. The van der Waals surface area contributed by atoms with Crippen molar-refractivity contribution in [2.75, 3.05) is 20.1 Å². The largest absolute Gasteiger partial charge is 0.339 e. The maximum Gasteiger partial charge on any atom is 0.270 e. The molecule has 0 aromatic heterocycles. The van der Waals surface area contributed by atoms with Crippen molar-refractivity contribution >= 4 is 21.6 Å². The zero-order chi connectivity index (χ0) is 19.3. The highest BCUT2D eigenvalue weighted by Gasteiger charge is 2.29. The van der Waals surface area contributed by atoms with Crippen molar-refractivity contribution < 1.29 is 18.1 Å². The van der Waals surface area contributed by atoms with E-state index in [1.165, 1.54) is 31.7 Å². The number of hydrogen-bond donors (Lipinski definition) is 0. The summed E-state index contributed by atoms with van der Waals surface area (Å²) in [6.07, 6.45) is 5.22. The number of non-ortho nitro benzene ring substituents is 1. The van der Waals surface area contributed by atoms with Gasteiger partial charge in [0.05, 0.1) is 16.4 Å². The van der Waals surface area contributed by atoms with Gasteiger partial charge in [0.2, 0.25) is 15.9 Å². The van der Waals surface area contributed by atoms with Crippen LogP contribution < -0.4 is 0 Å². The summed E-state index contributed by atoms with van der Waals surface area (Å²) in [4.78, 5) is 24.4. The molecule has 0 atom stereocenters. The van der Waals surface area contributed by atoms with Gasteiger partial charge in [-0.15, -0.1) is 0 Å². The van der Waals surface area contributed by atoms with Gasteiger partial charge in [0, 0.05) is 31.8 Å². The zero-order valence-corrected chi connectivity index (χ0v) is 15.9. The van der Waals surface area contributed by atoms with Crippen LogP contribution in [-0.2, 0) is 14.8 Å². The molecule has 1 aromatic rings. The first-order valence-corrected chi connectivity index (χ1v) is 10.2. The summed E-state index contributed by atoms with van der Waals surface area (Å²) in [5.41, 5.74) is -0.303. The minimum Gasteiger partial charge on any atom is -0.339 e. The van der Waals surface area contributed by atoms with Crippen molar-refractivity contribution in [3.63, 3.8) is 0 Å². The van der Waals surface area contributed by atoms with E-state index < -0.39 is 14.9 Å². The Labute approximate surface area is 154 Å². The number of benzene rings is 1. The van der Waals surface area contributed by atoms with Crippen molar-refractivity contribution in [3.8, 4) is 0 Å². The maximum absolute atomic E-state index is 12.7. The van der Waals surface area contributed by atoms with E-state index >= 15 is 0 Å². The standard InChI is InChI=1S/C17H25N3O5S/c1-3-19(14-8-5-4-6-9-14)17(21)13-18(2)26(24,25)16-11-7-10-15(12-16)20(22)23/h7,10-12,14H,3-6,8-9,13H2,1-2H3. The Kier molecular flexibility index (Phi) is 6.71. The lowest BCUT2D eigenvalue weighted by Crippen LogP contribution is -2.46. The molecular weight excluding hydrogens is 358 g/mol. The topological polar surface area (TPSA) is 101 Å². The first-order chi connectivity index (χ1) is 12.3. The molecule has 0 saturated heterocycles. The van der Waals surface area contributed by atoms with E-state index in [0.29, 0.717) is 6.54 Å². The van der Waals surface area contributed by atoms with Gasteiger partial charge in [0.25, 0.3) is 5.69 Å². The highest BCUT2D eigenvalue weighted by atomic mass is 32.2. The Morgan fingerprint density at radius 3 is 2.50 bits per heavy atom. The van der Waals surface area contributed by atoms with Crippen LogP contribution in [0.5, 0.6) is 0 Å². The average Bonchev–Trinajstić information content (AvgIpc) is 2.63. The number of hydrogen-bond acceptors (Lipinski definition) is 5. The summed E-state index contributed by atoms with van der Waals surface area (Å²) >= 11 is 0. The molecule has 1 saturated carbocycles. The zero-order valence-electron chi connectivity index (χ0n) is 15.1. The molecule has 8 nitrogen and oxygen atoms in total. The second kappa shape index (κ2) is 8.59. The Balaban J connectivity index is 2.13. The molecule has 1 amide bonds. The number of sulfonamides is 1. The molecule has 0 aliphatic heterocycles. The summed E-state index contributed by atoms with van der Waals surface area (Å²) in [6, 6.07) is 5.01. The molecule has 9 heteroatoms. The Morgan fingerprint density at radius 1 is 1.27 bits per heavy atom. The van der Waals surface area contributed by atoms with Gasteiger partial charge >= 0.3 is 0 Å². The van der Waals surface area contributed by atoms with Gasteiger partial charge in [-0.1, -0.05) is 25.3 Å². The van der Waals surface area contributed by atoms with Crippen molar-refractivity contribution in [1.82, 2.24) is 9.21 Å². The number of likely N-dealkylation sites (N-methyl/N-ethyl adjacent to an activating group) is 2. The van der Waals surface area contributed by atoms with E-state index in [-0.39, 0.29) is 29.1 Å². The molecule has 0 N–H and O–H groups in total. The van der Waals surface area contributed by atoms with Crippen LogP contribution in [0.4, 0.5) is 5.69 Å². The first-order valence-electron chi connectivity index (χ1n) is 8.77. The Hall–Kier alpha value is -2.00. The van der Waals surface area contributed by atoms with Crippen LogP contribution in [0, 0.1) is 10.1 Å². The second-order valence-corrected chi connectivity index (χ2v) is 8.53. The van der Waals surface area contributed by atoms with E-state index in [2.05, 4.69) is 0 Å². The highest BCUT2D eigenvalue weighted by Crippen LogP contribution is 2.24. The maximum atomic E-state index is 12.7. The number of nitro groups is 1. The van der Waals surface area contributed by atoms with Gasteiger partial charge in [0.1, 0.15) is 0 Å². The van der Waals surface area contributed by atoms with Crippen LogP contribution in [0.15, 0.2) is 29.2 Å². The second-order valence-electron chi connectivity index (χ2n) is 6.49. The third kappa shape index (κ3) is 4.59. The van der Waals surface area contributed by atoms with E-state index in [4.69, 9.17) is 0 Å². The number of carbonyl (C=O) groups excluding carboxylic acids is 1.